The first-order valence-electron chi connectivity index (χ1n) is 6.36. The summed E-state index contributed by atoms with van der Waals surface area (Å²) in [4.78, 5) is 8.12. The number of aromatic amines is 1. The molecule has 2 nitrogen and oxygen atoms in total. The quantitative estimate of drug-likeness (QED) is 0.752. The van der Waals surface area contributed by atoms with Crippen LogP contribution in [0.25, 0.3) is 11.0 Å². The molecule has 3 heteroatoms. The smallest absolute Gasteiger partial charge is 0.133 e. The van der Waals surface area contributed by atoms with Crippen molar-refractivity contribution < 1.29 is 0 Å². The largest absolute Gasteiger partial charge is 0.357 e. The SMILES string of the molecule is CC(C)c1cc2[nH]c3c(c2nc1Cl)CCCC3. The zero-order valence-corrected chi connectivity index (χ0v) is 11.1. The summed E-state index contributed by atoms with van der Waals surface area (Å²) in [7, 11) is 0. The van der Waals surface area contributed by atoms with Gasteiger partial charge in [-0.25, -0.2) is 4.98 Å². The number of hydrogen-bond acceptors (Lipinski definition) is 1. The Kier molecular flexibility index (Phi) is 2.62. The van der Waals surface area contributed by atoms with Crippen LogP contribution in [0.15, 0.2) is 6.07 Å². The second-order valence-electron chi connectivity index (χ2n) is 5.21. The van der Waals surface area contributed by atoms with Gasteiger partial charge in [-0.1, -0.05) is 25.4 Å². The van der Waals surface area contributed by atoms with E-state index in [1.165, 1.54) is 24.1 Å². The van der Waals surface area contributed by atoms with E-state index in [0.717, 1.165) is 29.4 Å². The Morgan fingerprint density at radius 1 is 1.29 bits per heavy atom. The van der Waals surface area contributed by atoms with Crippen LogP contribution in [0, 0.1) is 0 Å². The van der Waals surface area contributed by atoms with Crippen molar-refractivity contribution >= 4 is 22.6 Å². The maximum atomic E-state index is 6.27. The highest BCUT2D eigenvalue weighted by atomic mass is 35.5. The zero-order chi connectivity index (χ0) is 12.0. The normalized spacial score (nSPS) is 15.5. The number of rotatable bonds is 1. The van der Waals surface area contributed by atoms with Crippen LogP contribution in [0.1, 0.15) is 49.4 Å². The van der Waals surface area contributed by atoms with Crippen molar-refractivity contribution in [3.05, 3.63) is 28.0 Å². The van der Waals surface area contributed by atoms with E-state index in [9.17, 15) is 0 Å². The molecule has 0 amide bonds. The molecule has 2 heterocycles. The maximum Gasteiger partial charge on any atom is 0.133 e. The summed E-state index contributed by atoms with van der Waals surface area (Å²) in [6.45, 7) is 4.30. The number of aryl methyl sites for hydroxylation is 2. The van der Waals surface area contributed by atoms with Gasteiger partial charge in [0.2, 0.25) is 0 Å². The highest BCUT2D eigenvalue weighted by Gasteiger charge is 2.18. The van der Waals surface area contributed by atoms with Crippen molar-refractivity contribution in [2.75, 3.05) is 0 Å². The Labute approximate surface area is 106 Å². The van der Waals surface area contributed by atoms with Gasteiger partial charge in [0.1, 0.15) is 5.15 Å². The van der Waals surface area contributed by atoms with Crippen molar-refractivity contribution in [1.29, 1.82) is 0 Å². The van der Waals surface area contributed by atoms with Crippen LogP contribution in [-0.4, -0.2) is 9.97 Å². The highest BCUT2D eigenvalue weighted by Crippen LogP contribution is 2.32. The minimum absolute atomic E-state index is 0.416. The number of H-pyrrole nitrogens is 1. The van der Waals surface area contributed by atoms with Crippen LogP contribution in [0.3, 0.4) is 0 Å². The summed E-state index contributed by atoms with van der Waals surface area (Å²) in [5, 5.41) is 0.667. The Morgan fingerprint density at radius 3 is 2.82 bits per heavy atom. The fraction of sp³-hybridized carbons (Fsp3) is 0.500. The van der Waals surface area contributed by atoms with Crippen LogP contribution >= 0.6 is 11.6 Å². The van der Waals surface area contributed by atoms with Gasteiger partial charge in [-0.3, -0.25) is 0 Å². The monoisotopic (exact) mass is 248 g/mol. The van der Waals surface area contributed by atoms with E-state index < -0.39 is 0 Å². The molecule has 2 aromatic rings. The number of nitrogens with one attached hydrogen (secondary N) is 1. The minimum Gasteiger partial charge on any atom is -0.357 e. The minimum atomic E-state index is 0.416. The molecular weight excluding hydrogens is 232 g/mol. The van der Waals surface area contributed by atoms with Crippen LogP contribution in [0.2, 0.25) is 5.15 Å². The first-order chi connectivity index (χ1) is 8.16. The van der Waals surface area contributed by atoms with Crippen molar-refractivity contribution in [3.8, 4) is 0 Å². The number of nitrogens with zero attached hydrogens (tertiary/aromatic N) is 1. The average Bonchev–Trinajstić information content (AvgIpc) is 2.65. The number of aromatic nitrogens is 2. The first kappa shape index (κ1) is 11.1. The lowest BCUT2D eigenvalue weighted by atomic mass is 9.97. The molecule has 0 atom stereocenters. The van der Waals surface area contributed by atoms with E-state index in [0.29, 0.717) is 11.1 Å². The number of pyridine rings is 1. The van der Waals surface area contributed by atoms with E-state index in [2.05, 4.69) is 29.9 Å². The standard InChI is InChI=1S/C14H17ClN2/c1-8(2)10-7-12-13(17-14(10)15)9-5-3-4-6-11(9)16-12/h7-8,16H,3-6H2,1-2H3. The molecule has 0 bridgehead atoms. The fourth-order valence-corrected chi connectivity index (χ4v) is 3.06. The molecule has 90 valence electrons. The third-order valence-electron chi connectivity index (χ3n) is 3.66. The summed E-state index contributed by atoms with van der Waals surface area (Å²) >= 11 is 6.27. The van der Waals surface area contributed by atoms with E-state index >= 15 is 0 Å². The number of fused-ring (bicyclic) bond motifs is 3. The van der Waals surface area contributed by atoms with E-state index in [1.54, 1.807) is 0 Å². The first-order valence-corrected chi connectivity index (χ1v) is 6.74. The summed E-state index contributed by atoms with van der Waals surface area (Å²) in [6.07, 6.45) is 4.84. The summed E-state index contributed by atoms with van der Waals surface area (Å²) in [6, 6.07) is 2.17. The Morgan fingerprint density at radius 2 is 2.06 bits per heavy atom. The molecule has 1 N–H and O–H groups in total. The van der Waals surface area contributed by atoms with Gasteiger partial charge < -0.3 is 4.98 Å². The van der Waals surface area contributed by atoms with E-state index in [1.807, 2.05) is 0 Å². The molecule has 0 aliphatic heterocycles. The lowest BCUT2D eigenvalue weighted by Gasteiger charge is -2.10. The number of hydrogen-bond donors (Lipinski definition) is 1. The lowest BCUT2D eigenvalue weighted by Crippen LogP contribution is -2.00. The molecule has 0 saturated carbocycles. The van der Waals surface area contributed by atoms with Crippen molar-refractivity contribution in [2.24, 2.45) is 0 Å². The van der Waals surface area contributed by atoms with E-state index in [-0.39, 0.29) is 0 Å². The van der Waals surface area contributed by atoms with Gasteiger partial charge in [0.25, 0.3) is 0 Å². The average molecular weight is 249 g/mol. The van der Waals surface area contributed by atoms with Crippen LogP contribution in [0.5, 0.6) is 0 Å². The molecule has 0 spiro atoms. The number of halogens is 1. The molecule has 0 fully saturated rings. The third kappa shape index (κ3) is 1.75. The fourth-order valence-electron chi connectivity index (χ4n) is 2.70. The van der Waals surface area contributed by atoms with Crippen LogP contribution in [0.4, 0.5) is 0 Å². The van der Waals surface area contributed by atoms with Gasteiger partial charge in [0, 0.05) is 5.69 Å². The molecule has 0 unspecified atom stereocenters. The van der Waals surface area contributed by atoms with Gasteiger partial charge in [-0.15, -0.1) is 0 Å². The van der Waals surface area contributed by atoms with Crippen LogP contribution in [-0.2, 0) is 12.8 Å². The van der Waals surface area contributed by atoms with Gasteiger partial charge in [-0.2, -0.15) is 0 Å². The second-order valence-corrected chi connectivity index (χ2v) is 5.57. The predicted molar refractivity (Wildman–Crippen MR) is 71.8 cm³/mol. The van der Waals surface area contributed by atoms with Gasteiger partial charge in [-0.05, 0) is 48.8 Å². The predicted octanol–water partition coefficient (Wildman–Crippen LogP) is 4.22. The topological polar surface area (TPSA) is 28.7 Å². The molecule has 1 aliphatic rings. The zero-order valence-electron chi connectivity index (χ0n) is 10.3. The highest BCUT2D eigenvalue weighted by molar-refractivity contribution is 6.30. The summed E-state index contributed by atoms with van der Waals surface area (Å²) in [5.41, 5.74) is 6.15. The molecular formula is C14H17ClN2. The van der Waals surface area contributed by atoms with Crippen LogP contribution < -0.4 is 0 Å². The summed E-state index contributed by atoms with van der Waals surface area (Å²) < 4.78 is 0. The molecule has 0 aromatic carbocycles. The third-order valence-corrected chi connectivity index (χ3v) is 3.97. The van der Waals surface area contributed by atoms with Gasteiger partial charge in [0.15, 0.2) is 0 Å². The Hall–Kier alpha value is -1.02. The lowest BCUT2D eigenvalue weighted by molar-refractivity contribution is 0.679. The molecule has 0 saturated heterocycles. The molecule has 2 aromatic heterocycles. The second kappa shape index (κ2) is 4.02. The molecule has 17 heavy (non-hydrogen) atoms. The Balaban J connectivity index is 2.24. The maximum absolute atomic E-state index is 6.27. The van der Waals surface area contributed by atoms with Gasteiger partial charge >= 0.3 is 0 Å². The van der Waals surface area contributed by atoms with Crippen molar-refractivity contribution in [2.45, 2.75) is 45.4 Å². The molecule has 3 rings (SSSR count). The molecule has 1 aliphatic carbocycles. The summed E-state index contributed by atoms with van der Waals surface area (Å²) in [5.74, 6) is 0.416. The molecule has 0 radical (unpaired) electrons. The van der Waals surface area contributed by atoms with Crippen molar-refractivity contribution in [3.63, 3.8) is 0 Å². The van der Waals surface area contributed by atoms with Gasteiger partial charge in [0.05, 0.1) is 11.0 Å². The van der Waals surface area contributed by atoms with Crippen molar-refractivity contribution in [1.82, 2.24) is 9.97 Å². The van der Waals surface area contributed by atoms with E-state index in [4.69, 9.17) is 11.6 Å². The Bertz CT molecular complexity index is 569.